The Morgan fingerprint density at radius 1 is 0.694 bits per heavy atom. The zero-order valence-electron chi connectivity index (χ0n) is 19.1. The van der Waals surface area contributed by atoms with Crippen molar-refractivity contribution in [3.8, 4) is 11.5 Å². The summed E-state index contributed by atoms with van der Waals surface area (Å²) in [6, 6.07) is 5.82. The number of amidine groups is 2. The Bertz CT molecular complexity index is 1100. The second kappa shape index (κ2) is 14.0. The number of hydrogen-bond acceptors (Lipinski definition) is 8. The average molecular weight is 580 g/mol. The van der Waals surface area contributed by atoms with Gasteiger partial charge in [0, 0.05) is 12.8 Å². The number of ether oxygens (including phenoxy) is 2. The summed E-state index contributed by atoms with van der Waals surface area (Å²) in [6.07, 6.45) is 1.62. The average Bonchev–Trinajstić information content (AvgIpc) is 2.85. The summed E-state index contributed by atoms with van der Waals surface area (Å²) in [5, 5.41) is 7.76. The molecule has 10 nitrogen and oxygen atoms in total. The molecule has 0 fully saturated rings. The van der Waals surface area contributed by atoms with Crippen molar-refractivity contribution in [2.24, 2.45) is 21.8 Å². The zero-order chi connectivity index (χ0) is 26.8. The smallest absolute Gasteiger partial charge is 0.371 e. The number of carbonyl (C=O) groups is 2. The standard InChI is InChI=1S/C22H22Cl4N4O6/c1-33-19-13(25)9-7-11(23)17(19)21(31)35-29-15(27)5-3-4-6-16(28)30-36-22(32)18-12(24)8-10-14(26)20(18)34-2/h7-10H,3-6H2,1-2H3,(H2,27,29)(H2,28,30). The first-order valence-electron chi connectivity index (χ1n) is 10.2. The van der Waals surface area contributed by atoms with E-state index >= 15 is 0 Å². The topological polar surface area (TPSA) is 148 Å². The summed E-state index contributed by atoms with van der Waals surface area (Å²) < 4.78 is 10.2. The van der Waals surface area contributed by atoms with Crippen molar-refractivity contribution in [1.29, 1.82) is 0 Å². The lowest BCUT2D eigenvalue weighted by molar-refractivity contribution is 0.0502. The monoisotopic (exact) mass is 578 g/mol. The van der Waals surface area contributed by atoms with Gasteiger partial charge in [0.15, 0.2) is 11.5 Å². The molecule has 2 rings (SSSR count). The first-order chi connectivity index (χ1) is 17.1. The van der Waals surface area contributed by atoms with Gasteiger partial charge < -0.3 is 30.6 Å². The molecular formula is C22H22Cl4N4O6. The number of nitrogens with zero attached hydrogens (tertiary/aromatic N) is 2. The van der Waals surface area contributed by atoms with Crippen LogP contribution in [0.3, 0.4) is 0 Å². The minimum Gasteiger partial charge on any atom is -0.494 e. The Hall–Kier alpha value is -2.92. The van der Waals surface area contributed by atoms with E-state index in [-0.39, 0.29) is 67.2 Å². The van der Waals surface area contributed by atoms with E-state index in [1.165, 1.54) is 38.5 Å². The van der Waals surface area contributed by atoms with E-state index in [9.17, 15) is 9.59 Å². The zero-order valence-corrected chi connectivity index (χ0v) is 22.2. The molecule has 0 heterocycles. The molecule has 0 aromatic heterocycles. The molecular weight excluding hydrogens is 558 g/mol. The van der Waals surface area contributed by atoms with Crippen LogP contribution in [-0.2, 0) is 9.68 Å². The summed E-state index contributed by atoms with van der Waals surface area (Å²) >= 11 is 24.1. The number of unbranched alkanes of at least 4 members (excludes halogenated alkanes) is 1. The number of rotatable bonds is 11. The van der Waals surface area contributed by atoms with Crippen molar-refractivity contribution >= 4 is 70.0 Å². The largest absolute Gasteiger partial charge is 0.494 e. The first-order valence-corrected chi connectivity index (χ1v) is 11.7. The maximum absolute atomic E-state index is 12.3. The van der Waals surface area contributed by atoms with E-state index in [0.29, 0.717) is 12.8 Å². The van der Waals surface area contributed by atoms with E-state index in [0.717, 1.165) is 0 Å². The predicted molar refractivity (Wildman–Crippen MR) is 139 cm³/mol. The van der Waals surface area contributed by atoms with Crippen LogP contribution >= 0.6 is 46.4 Å². The van der Waals surface area contributed by atoms with Gasteiger partial charge in [-0.3, -0.25) is 0 Å². The van der Waals surface area contributed by atoms with Crippen molar-refractivity contribution in [2.75, 3.05) is 14.2 Å². The summed E-state index contributed by atoms with van der Waals surface area (Å²) in [6.45, 7) is 0. The third-order valence-corrected chi connectivity index (χ3v) is 5.77. The molecule has 0 amide bonds. The lowest BCUT2D eigenvalue weighted by Crippen LogP contribution is -2.16. The third-order valence-electron chi connectivity index (χ3n) is 4.54. The predicted octanol–water partition coefficient (Wildman–Crippen LogP) is 5.44. The van der Waals surface area contributed by atoms with Crippen LogP contribution in [0, 0.1) is 0 Å². The molecule has 0 bridgehead atoms. The van der Waals surface area contributed by atoms with Gasteiger partial charge in [-0.2, -0.15) is 0 Å². The Morgan fingerprint density at radius 2 is 1.03 bits per heavy atom. The van der Waals surface area contributed by atoms with Crippen LogP contribution in [0.2, 0.25) is 20.1 Å². The molecule has 194 valence electrons. The molecule has 4 N–H and O–H groups in total. The summed E-state index contributed by atoms with van der Waals surface area (Å²) in [7, 11) is 2.68. The normalized spacial score (nSPS) is 11.7. The highest BCUT2D eigenvalue weighted by atomic mass is 35.5. The van der Waals surface area contributed by atoms with E-state index in [1.54, 1.807) is 0 Å². The third kappa shape index (κ3) is 7.79. The van der Waals surface area contributed by atoms with Crippen LogP contribution < -0.4 is 20.9 Å². The Labute approximate surface area is 227 Å². The Kier molecular flexibility index (Phi) is 11.4. The molecule has 36 heavy (non-hydrogen) atoms. The van der Waals surface area contributed by atoms with Crippen LogP contribution in [-0.4, -0.2) is 37.8 Å². The van der Waals surface area contributed by atoms with Crippen molar-refractivity contribution in [1.82, 2.24) is 0 Å². The molecule has 0 saturated carbocycles. The van der Waals surface area contributed by atoms with Gasteiger partial charge in [0.2, 0.25) is 0 Å². The van der Waals surface area contributed by atoms with Gasteiger partial charge in [-0.15, -0.1) is 0 Å². The first kappa shape index (κ1) is 29.3. The molecule has 0 unspecified atom stereocenters. The van der Waals surface area contributed by atoms with E-state index in [1.807, 2.05) is 0 Å². The van der Waals surface area contributed by atoms with Crippen molar-refractivity contribution in [2.45, 2.75) is 25.7 Å². The molecule has 0 saturated heterocycles. The van der Waals surface area contributed by atoms with Crippen molar-refractivity contribution < 1.29 is 28.7 Å². The van der Waals surface area contributed by atoms with Gasteiger partial charge in [0.1, 0.15) is 22.8 Å². The maximum Gasteiger partial charge on any atom is 0.371 e. The minimum atomic E-state index is -0.878. The number of carbonyl (C=O) groups excluding carboxylic acids is 2. The molecule has 14 heteroatoms. The molecule has 0 atom stereocenters. The second-order valence-corrected chi connectivity index (χ2v) is 8.63. The summed E-state index contributed by atoms with van der Waals surface area (Å²) in [5.41, 5.74) is 11.4. The number of oxime groups is 2. The highest BCUT2D eigenvalue weighted by Crippen LogP contribution is 2.35. The van der Waals surface area contributed by atoms with Gasteiger partial charge in [0.05, 0.1) is 34.3 Å². The highest BCUT2D eigenvalue weighted by molar-refractivity contribution is 6.37. The van der Waals surface area contributed by atoms with Crippen LogP contribution in [0.4, 0.5) is 0 Å². The fourth-order valence-electron chi connectivity index (χ4n) is 2.84. The molecule has 0 aliphatic carbocycles. The molecule has 0 aliphatic rings. The molecule has 0 aliphatic heterocycles. The van der Waals surface area contributed by atoms with Crippen LogP contribution in [0.1, 0.15) is 46.4 Å². The minimum absolute atomic E-state index is 0.0603. The Balaban J connectivity index is 1.84. The van der Waals surface area contributed by atoms with Gasteiger partial charge >= 0.3 is 11.9 Å². The van der Waals surface area contributed by atoms with Gasteiger partial charge in [0.25, 0.3) is 0 Å². The number of halogens is 4. The van der Waals surface area contributed by atoms with Crippen molar-refractivity contribution in [3.05, 3.63) is 55.5 Å². The van der Waals surface area contributed by atoms with Crippen LogP contribution in [0.25, 0.3) is 0 Å². The molecule has 2 aromatic carbocycles. The quantitative estimate of drug-likeness (QED) is 0.118. The lowest BCUT2D eigenvalue weighted by atomic mass is 10.2. The molecule has 0 radical (unpaired) electrons. The van der Waals surface area contributed by atoms with Gasteiger partial charge in [-0.25, -0.2) is 9.59 Å². The number of hydrogen-bond donors (Lipinski definition) is 2. The van der Waals surface area contributed by atoms with E-state index in [4.69, 9.17) is 77.0 Å². The van der Waals surface area contributed by atoms with Crippen molar-refractivity contribution in [3.63, 3.8) is 0 Å². The van der Waals surface area contributed by atoms with E-state index < -0.39 is 11.9 Å². The molecule has 0 spiro atoms. The van der Waals surface area contributed by atoms with E-state index in [2.05, 4.69) is 10.3 Å². The number of methoxy groups -OCH3 is 2. The SMILES string of the molecule is COc1c(Cl)ccc(Cl)c1C(=O)O/N=C(\N)CCCC/C(N)=N/OC(=O)c1c(Cl)ccc(Cl)c1OC. The fourth-order valence-corrected chi connectivity index (χ4v) is 3.76. The Morgan fingerprint density at radius 3 is 1.36 bits per heavy atom. The highest BCUT2D eigenvalue weighted by Gasteiger charge is 2.22. The number of benzene rings is 2. The number of nitrogens with two attached hydrogens (primary N) is 2. The van der Waals surface area contributed by atoms with Gasteiger partial charge in [-0.05, 0) is 37.1 Å². The molecule has 2 aromatic rings. The second-order valence-electron chi connectivity index (χ2n) is 7.00. The van der Waals surface area contributed by atoms with Gasteiger partial charge in [-0.1, -0.05) is 56.7 Å². The van der Waals surface area contributed by atoms with Crippen LogP contribution in [0.5, 0.6) is 11.5 Å². The fraction of sp³-hybridized carbons (Fsp3) is 0.273. The summed E-state index contributed by atoms with van der Waals surface area (Å²) in [4.78, 5) is 34.4. The lowest BCUT2D eigenvalue weighted by Gasteiger charge is -2.10. The van der Waals surface area contributed by atoms with Crippen LogP contribution in [0.15, 0.2) is 34.6 Å². The summed E-state index contributed by atoms with van der Waals surface area (Å²) in [5.74, 6) is -1.51. The maximum atomic E-state index is 12.3.